The second kappa shape index (κ2) is 5.30. The molecule has 0 spiro atoms. The molecule has 1 aromatic heterocycles. The van der Waals surface area contributed by atoms with E-state index >= 15 is 0 Å². The predicted octanol–water partition coefficient (Wildman–Crippen LogP) is 3.35. The minimum Gasteiger partial charge on any atom is -0.319 e. The zero-order chi connectivity index (χ0) is 12.3. The molecule has 2 aromatic rings. The molecule has 1 heterocycles. The first-order chi connectivity index (χ1) is 8.22. The van der Waals surface area contributed by atoms with Gasteiger partial charge in [0.05, 0.1) is 16.8 Å². The van der Waals surface area contributed by atoms with E-state index in [1.165, 1.54) is 5.56 Å². The minimum atomic E-state index is -0.269. The van der Waals surface area contributed by atoms with Crippen LogP contribution in [0, 0.1) is 0 Å². The van der Waals surface area contributed by atoms with E-state index in [1.807, 2.05) is 18.2 Å². The lowest BCUT2D eigenvalue weighted by Crippen LogP contribution is -2.14. The van der Waals surface area contributed by atoms with E-state index in [2.05, 4.69) is 24.0 Å². The van der Waals surface area contributed by atoms with Gasteiger partial charge in [-0.25, -0.2) is 0 Å². The van der Waals surface area contributed by atoms with Gasteiger partial charge in [-0.2, -0.15) is 0 Å². The van der Waals surface area contributed by atoms with Gasteiger partial charge in [0.2, 0.25) is 0 Å². The summed E-state index contributed by atoms with van der Waals surface area (Å²) in [6.07, 6.45) is 2.74. The summed E-state index contributed by atoms with van der Waals surface area (Å²) in [6, 6.07) is 11.6. The van der Waals surface area contributed by atoms with Gasteiger partial charge in [-0.05, 0) is 29.7 Å². The first kappa shape index (κ1) is 12.1. The maximum atomic E-state index is 6.16. The van der Waals surface area contributed by atoms with Crippen LogP contribution in [0.25, 0.3) is 0 Å². The van der Waals surface area contributed by atoms with E-state index in [0.717, 1.165) is 17.7 Å². The maximum absolute atomic E-state index is 6.16. The number of hydrogen-bond acceptors (Lipinski definition) is 2. The van der Waals surface area contributed by atoms with Crippen LogP contribution in [0.4, 0.5) is 0 Å². The van der Waals surface area contributed by atoms with E-state index in [9.17, 15) is 0 Å². The first-order valence-electron chi connectivity index (χ1n) is 5.67. The van der Waals surface area contributed by atoms with Crippen LogP contribution in [0.15, 0.2) is 42.6 Å². The lowest BCUT2D eigenvalue weighted by molar-refractivity contribution is 0.828. The molecule has 1 aromatic carbocycles. The summed E-state index contributed by atoms with van der Waals surface area (Å²) in [4.78, 5) is 4.24. The smallest absolute Gasteiger partial charge is 0.0802 e. The molecule has 0 aliphatic carbocycles. The highest BCUT2D eigenvalue weighted by molar-refractivity contribution is 6.31. The molecule has 0 bridgehead atoms. The molecule has 2 N–H and O–H groups in total. The number of nitrogens with zero attached hydrogens (tertiary/aromatic N) is 1. The van der Waals surface area contributed by atoms with Crippen molar-refractivity contribution in [2.75, 3.05) is 0 Å². The summed E-state index contributed by atoms with van der Waals surface area (Å²) in [5.74, 6) is 0. The van der Waals surface area contributed by atoms with Crippen LogP contribution in [0.1, 0.15) is 29.8 Å². The zero-order valence-corrected chi connectivity index (χ0v) is 10.5. The van der Waals surface area contributed by atoms with Crippen molar-refractivity contribution in [3.63, 3.8) is 0 Å². The van der Waals surface area contributed by atoms with Crippen LogP contribution < -0.4 is 5.73 Å². The van der Waals surface area contributed by atoms with Crippen molar-refractivity contribution in [2.45, 2.75) is 19.4 Å². The fraction of sp³-hybridized carbons (Fsp3) is 0.214. The molecule has 0 aliphatic rings. The lowest BCUT2D eigenvalue weighted by Gasteiger charge is -2.13. The normalized spacial score (nSPS) is 12.4. The summed E-state index contributed by atoms with van der Waals surface area (Å²) < 4.78 is 0. The molecule has 2 rings (SSSR count). The molecule has 0 aliphatic heterocycles. The number of aryl methyl sites for hydroxylation is 1. The summed E-state index contributed by atoms with van der Waals surface area (Å²) in [5.41, 5.74) is 9.21. The van der Waals surface area contributed by atoms with Gasteiger partial charge in [0, 0.05) is 6.20 Å². The quantitative estimate of drug-likeness (QED) is 0.902. The molecular formula is C14H15ClN2. The van der Waals surface area contributed by atoms with Crippen molar-refractivity contribution in [3.8, 4) is 0 Å². The van der Waals surface area contributed by atoms with Gasteiger partial charge in [0.1, 0.15) is 0 Å². The highest BCUT2D eigenvalue weighted by Gasteiger charge is 2.13. The van der Waals surface area contributed by atoms with Crippen molar-refractivity contribution in [3.05, 3.63) is 64.4 Å². The Morgan fingerprint density at radius 1 is 1.24 bits per heavy atom. The van der Waals surface area contributed by atoms with Crippen molar-refractivity contribution in [1.29, 1.82) is 0 Å². The summed E-state index contributed by atoms with van der Waals surface area (Å²) in [7, 11) is 0. The van der Waals surface area contributed by atoms with Crippen molar-refractivity contribution < 1.29 is 0 Å². The Labute approximate surface area is 106 Å². The molecule has 0 saturated carbocycles. The topological polar surface area (TPSA) is 38.9 Å². The fourth-order valence-electron chi connectivity index (χ4n) is 1.75. The van der Waals surface area contributed by atoms with Gasteiger partial charge >= 0.3 is 0 Å². The highest BCUT2D eigenvalue weighted by atomic mass is 35.5. The Kier molecular flexibility index (Phi) is 3.77. The molecule has 88 valence electrons. The van der Waals surface area contributed by atoms with E-state index in [4.69, 9.17) is 17.3 Å². The number of rotatable bonds is 3. The number of halogens is 1. The van der Waals surface area contributed by atoms with Crippen LogP contribution in [0.2, 0.25) is 5.02 Å². The Morgan fingerprint density at radius 2 is 1.94 bits per heavy atom. The number of pyridine rings is 1. The third-order valence-electron chi connectivity index (χ3n) is 2.83. The largest absolute Gasteiger partial charge is 0.319 e. The molecule has 2 nitrogen and oxygen atoms in total. The second-order valence-electron chi connectivity index (χ2n) is 3.94. The van der Waals surface area contributed by atoms with Crippen LogP contribution in [-0.2, 0) is 6.42 Å². The number of aromatic nitrogens is 1. The maximum Gasteiger partial charge on any atom is 0.0802 e. The Bertz CT molecular complexity index is 494. The van der Waals surface area contributed by atoms with Crippen LogP contribution >= 0.6 is 11.6 Å². The monoisotopic (exact) mass is 246 g/mol. The van der Waals surface area contributed by atoms with Gasteiger partial charge in [-0.3, -0.25) is 4.98 Å². The number of benzene rings is 1. The molecular weight excluding hydrogens is 232 g/mol. The zero-order valence-electron chi connectivity index (χ0n) is 9.73. The summed E-state index contributed by atoms with van der Waals surface area (Å²) >= 11 is 6.09. The van der Waals surface area contributed by atoms with E-state index in [0.29, 0.717) is 5.02 Å². The predicted molar refractivity (Wildman–Crippen MR) is 71.1 cm³/mol. The first-order valence-corrected chi connectivity index (χ1v) is 6.05. The molecule has 1 unspecified atom stereocenters. The fourth-order valence-corrected chi connectivity index (χ4v) is 1.98. The molecule has 1 atom stereocenters. The van der Waals surface area contributed by atoms with Gasteiger partial charge < -0.3 is 5.73 Å². The van der Waals surface area contributed by atoms with Crippen LogP contribution in [-0.4, -0.2) is 4.98 Å². The molecule has 0 fully saturated rings. The third-order valence-corrected chi connectivity index (χ3v) is 3.15. The lowest BCUT2D eigenvalue weighted by atomic mass is 10.0. The second-order valence-corrected chi connectivity index (χ2v) is 4.35. The van der Waals surface area contributed by atoms with Gasteiger partial charge in [-0.1, -0.05) is 42.8 Å². The van der Waals surface area contributed by atoms with Gasteiger partial charge in [0.25, 0.3) is 0 Å². The Hall–Kier alpha value is -1.38. The molecule has 0 radical (unpaired) electrons. The van der Waals surface area contributed by atoms with Crippen LogP contribution in [0.3, 0.4) is 0 Å². The van der Waals surface area contributed by atoms with E-state index in [1.54, 1.807) is 12.3 Å². The van der Waals surface area contributed by atoms with Crippen molar-refractivity contribution in [1.82, 2.24) is 4.98 Å². The van der Waals surface area contributed by atoms with E-state index in [-0.39, 0.29) is 6.04 Å². The number of nitrogens with two attached hydrogens (primary N) is 1. The van der Waals surface area contributed by atoms with Crippen LogP contribution in [0.5, 0.6) is 0 Å². The molecule has 17 heavy (non-hydrogen) atoms. The third kappa shape index (κ3) is 2.65. The standard InChI is InChI=1S/C14H15ClN2/c1-2-10-5-7-11(8-6-10)13(16)14-12(15)4-3-9-17-14/h3-9,13H,2,16H2,1H3. The average molecular weight is 247 g/mol. The number of hydrogen-bond donors (Lipinski definition) is 1. The van der Waals surface area contributed by atoms with E-state index < -0.39 is 0 Å². The molecule has 0 amide bonds. The SMILES string of the molecule is CCc1ccc(C(N)c2ncccc2Cl)cc1. The summed E-state index contributed by atoms with van der Waals surface area (Å²) in [5, 5.41) is 0.611. The van der Waals surface area contributed by atoms with Gasteiger partial charge in [0.15, 0.2) is 0 Å². The van der Waals surface area contributed by atoms with Crippen molar-refractivity contribution >= 4 is 11.6 Å². The van der Waals surface area contributed by atoms with Crippen molar-refractivity contribution in [2.24, 2.45) is 5.73 Å². The summed E-state index contributed by atoms with van der Waals surface area (Å²) in [6.45, 7) is 2.13. The molecule has 0 saturated heterocycles. The Morgan fingerprint density at radius 3 is 2.53 bits per heavy atom. The molecule has 3 heteroatoms. The average Bonchev–Trinajstić information content (AvgIpc) is 2.39. The Balaban J connectivity index is 2.30. The highest BCUT2D eigenvalue weighted by Crippen LogP contribution is 2.24. The van der Waals surface area contributed by atoms with Gasteiger partial charge in [-0.15, -0.1) is 0 Å². The minimum absolute atomic E-state index is 0.269.